The zero-order valence-electron chi connectivity index (χ0n) is 8.07. The summed E-state index contributed by atoms with van der Waals surface area (Å²) in [6, 6.07) is 3.56. The Balaban J connectivity index is 2.23. The van der Waals surface area contributed by atoms with E-state index in [0.717, 1.165) is 25.3 Å². The van der Waals surface area contributed by atoms with E-state index in [4.69, 9.17) is 9.84 Å². The number of aromatic carboxylic acids is 1. The summed E-state index contributed by atoms with van der Waals surface area (Å²) in [5.41, 5.74) is -0.109. The molecular formula is C11H11FO3. The van der Waals surface area contributed by atoms with Crippen LogP contribution in [-0.4, -0.2) is 17.2 Å². The van der Waals surface area contributed by atoms with Crippen LogP contribution in [0, 0.1) is 5.82 Å². The molecule has 80 valence electrons. The van der Waals surface area contributed by atoms with Crippen LogP contribution in [0.15, 0.2) is 18.2 Å². The van der Waals surface area contributed by atoms with Gasteiger partial charge in [-0.2, -0.15) is 0 Å². The number of carboxylic acid groups (broad SMARTS) is 1. The third-order valence-corrected chi connectivity index (χ3v) is 2.52. The lowest BCUT2D eigenvalue weighted by atomic mass is 9.96. The molecule has 3 nitrogen and oxygen atoms in total. The van der Waals surface area contributed by atoms with Crippen LogP contribution in [-0.2, 0) is 0 Å². The average Bonchev–Trinajstić information content (AvgIpc) is 2.12. The Morgan fingerprint density at radius 1 is 1.47 bits per heavy atom. The molecule has 0 atom stereocenters. The molecule has 4 heteroatoms. The lowest BCUT2D eigenvalue weighted by Gasteiger charge is -2.26. The van der Waals surface area contributed by atoms with Gasteiger partial charge in [0.25, 0.3) is 0 Å². The molecule has 1 aliphatic rings. The van der Waals surface area contributed by atoms with E-state index in [9.17, 15) is 9.18 Å². The summed E-state index contributed by atoms with van der Waals surface area (Å²) >= 11 is 0. The van der Waals surface area contributed by atoms with E-state index in [1.807, 2.05) is 0 Å². The Hall–Kier alpha value is -1.58. The van der Waals surface area contributed by atoms with Crippen molar-refractivity contribution < 1.29 is 19.0 Å². The lowest BCUT2D eigenvalue weighted by molar-refractivity contribution is 0.0679. The zero-order chi connectivity index (χ0) is 10.8. The molecule has 1 saturated carbocycles. The van der Waals surface area contributed by atoms with E-state index in [1.165, 1.54) is 12.1 Å². The smallest absolute Gasteiger partial charge is 0.339 e. The molecule has 0 bridgehead atoms. The normalized spacial score (nSPS) is 15.8. The molecule has 2 rings (SSSR count). The summed E-state index contributed by atoms with van der Waals surface area (Å²) < 4.78 is 18.3. The van der Waals surface area contributed by atoms with Crippen LogP contribution in [0.1, 0.15) is 29.6 Å². The summed E-state index contributed by atoms with van der Waals surface area (Å²) in [5, 5.41) is 8.85. The molecule has 0 unspecified atom stereocenters. The molecular weight excluding hydrogens is 199 g/mol. The monoisotopic (exact) mass is 210 g/mol. The van der Waals surface area contributed by atoms with E-state index in [-0.39, 0.29) is 17.4 Å². The first kappa shape index (κ1) is 9.96. The zero-order valence-corrected chi connectivity index (χ0v) is 8.07. The van der Waals surface area contributed by atoms with E-state index in [2.05, 4.69) is 0 Å². The molecule has 1 aromatic rings. The van der Waals surface area contributed by atoms with Gasteiger partial charge in [-0.15, -0.1) is 0 Å². The van der Waals surface area contributed by atoms with Gasteiger partial charge in [0, 0.05) is 0 Å². The predicted molar refractivity (Wildman–Crippen MR) is 51.6 cm³/mol. The summed E-state index contributed by atoms with van der Waals surface area (Å²) in [7, 11) is 0. The number of ether oxygens (including phenoxy) is 1. The van der Waals surface area contributed by atoms with Crippen molar-refractivity contribution in [3.8, 4) is 5.75 Å². The molecule has 0 amide bonds. The van der Waals surface area contributed by atoms with Crippen LogP contribution in [0.25, 0.3) is 0 Å². The van der Waals surface area contributed by atoms with Crippen molar-refractivity contribution in [1.29, 1.82) is 0 Å². The van der Waals surface area contributed by atoms with E-state index < -0.39 is 11.8 Å². The van der Waals surface area contributed by atoms with Gasteiger partial charge in [0.2, 0.25) is 0 Å². The molecule has 1 fully saturated rings. The lowest BCUT2D eigenvalue weighted by Crippen LogP contribution is -2.25. The summed E-state index contributed by atoms with van der Waals surface area (Å²) in [6.07, 6.45) is 3.08. The van der Waals surface area contributed by atoms with Crippen molar-refractivity contribution in [2.75, 3.05) is 0 Å². The van der Waals surface area contributed by atoms with Gasteiger partial charge < -0.3 is 9.84 Å². The molecule has 15 heavy (non-hydrogen) atoms. The number of carboxylic acids is 1. The average molecular weight is 210 g/mol. The molecule has 1 aromatic carbocycles. The van der Waals surface area contributed by atoms with Crippen molar-refractivity contribution in [3.63, 3.8) is 0 Å². The maximum absolute atomic E-state index is 12.8. The molecule has 0 spiro atoms. The van der Waals surface area contributed by atoms with Gasteiger partial charge in [-0.05, 0) is 37.5 Å². The Morgan fingerprint density at radius 3 is 2.73 bits per heavy atom. The minimum Gasteiger partial charge on any atom is -0.490 e. The Morgan fingerprint density at radius 2 is 2.20 bits per heavy atom. The molecule has 0 saturated heterocycles. The van der Waals surface area contributed by atoms with Crippen molar-refractivity contribution >= 4 is 5.97 Å². The van der Waals surface area contributed by atoms with E-state index in [0.29, 0.717) is 0 Å². The first-order valence-corrected chi connectivity index (χ1v) is 4.86. The number of rotatable bonds is 3. The standard InChI is InChI=1S/C11H11FO3/c12-7-4-5-10(9(6-7)11(13)14)15-8-2-1-3-8/h4-6,8H,1-3H2,(H,13,14). The van der Waals surface area contributed by atoms with Crippen molar-refractivity contribution in [1.82, 2.24) is 0 Å². The van der Waals surface area contributed by atoms with E-state index >= 15 is 0 Å². The number of halogens is 1. The predicted octanol–water partition coefficient (Wildman–Crippen LogP) is 2.46. The van der Waals surface area contributed by atoms with Crippen LogP contribution in [0.3, 0.4) is 0 Å². The van der Waals surface area contributed by atoms with Crippen LogP contribution < -0.4 is 4.74 Å². The van der Waals surface area contributed by atoms with E-state index in [1.54, 1.807) is 0 Å². The summed E-state index contributed by atoms with van der Waals surface area (Å²) in [6.45, 7) is 0. The minimum absolute atomic E-state index is 0.0913. The Labute approximate surface area is 86.5 Å². The second-order valence-electron chi connectivity index (χ2n) is 3.62. The van der Waals surface area contributed by atoms with Gasteiger partial charge in [0.05, 0.1) is 6.10 Å². The van der Waals surface area contributed by atoms with Gasteiger partial charge in [-0.1, -0.05) is 0 Å². The van der Waals surface area contributed by atoms with Gasteiger partial charge >= 0.3 is 5.97 Å². The van der Waals surface area contributed by atoms with Crippen LogP contribution in [0.4, 0.5) is 4.39 Å². The molecule has 0 radical (unpaired) electrons. The maximum Gasteiger partial charge on any atom is 0.339 e. The first-order chi connectivity index (χ1) is 7.16. The van der Waals surface area contributed by atoms with Gasteiger partial charge in [-0.3, -0.25) is 0 Å². The van der Waals surface area contributed by atoms with Gasteiger partial charge in [-0.25, -0.2) is 9.18 Å². The third kappa shape index (κ3) is 2.09. The number of hydrogen-bond donors (Lipinski definition) is 1. The molecule has 0 aromatic heterocycles. The second kappa shape index (κ2) is 3.88. The highest BCUT2D eigenvalue weighted by Gasteiger charge is 2.22. The van der Waals surface area contributed by atoms with Crippen molar-refractivity contribution in [2.24, 2.45) is 0 Å². The number of carbonyl (C=O) groups is 1. The quantitative estimate of drug-likeness (QED) is 0.833. The fraction of sp³-hybridized carbons (Fsp3) is 0.364. The van der Waals surface area contributed by atoms with Crippen LogP contribution in [0.2, 0.25) is 0 Å². The number of benzene rings is 1. The van der Waals surface area contributed by atoms with Crippen LogP contribution in [0.5, 0.6) is 5.75 Å². The van der Waals surface area contributed by atoms with Crippen LogP contribution >= 0.6 is 0 Å². The molecule has 0 heterocycles. The Bertz CT molecular complexity index is 385. The van der Waals surface area contributed by atoms with Gasteiger partial charge in [0.1, 0.15) is 17.1 Å². The van der Waals surface area contributed by atoms with Crippen molar-refractivity contribution in [3.05, 3.63) is 29.6 Å². The fourth-order valence-electron chi connectivity index (χ4n) is 1.44. The molecule has 1 N–H and O–H groups in total. The second-order valence-corrected chi connectivity index (χ2v) is 3.62. The summed E-state index contributed by atoms with van der Waals surface area (Å²) in [4.78, 5) is 10.8. The maximum atomic E-state index is 12.8. The fourth-order valence-corrected chi connectivity index (χ4v) is 1.44. The third-order valence-electron chi connectivity index (χ3n) is 2.52. The van der Waals surface area contributed by atoms with Crippen molar-refractivity contribution in [2.45, 2.75) is 25.4 Å². The molecule has 0 aliphatic heterocycles. The SMILES string of the molecule is O=C(O)c1cc(F)ccc1OC1CCC1. The highest BCUT2D eigenvalue weighted by molar-refractivity contribution is 5.90. The Kier molecular flexibility index (Phi) is 2.58. The number of hydrogen-bond acceptors (Lipinski definition) is 2. The summed E-state index contributed by atoms with van der Waals surface area (Å²) in [5.74, 6) is -1.47. The largest absolute Gasteiger partial charge is 0.490 e. The topological polar surface area (TPSA) is 46.5 Å². The first-order valence-electron chi connectivity index (χ1n) is 4.86. The van der Waals surface area contributed by atoms with Gasteiger partial charge in [0.15, 0.2) is 0 Å². The minimum atomic E-state index is -1.16. The highest BCUT2D eigenvalue weighted by Crippen LogP contribution is 2.28. The molecule has 1 aliphatic carbocycles. The highest BCUT2D eigenvalue weighted by atomic mass is 19.1.